The van der Waals surface area contributed by atoms with E-state index < -0.39 is 0 Å². The molecule has 0 unspecified atom stereocenters. The number of amides is 1. The lowest BCUT2D eigenvalue weighted by Crippen LogP contribution is -2.32. The smallest absolute Gasteiger partial charge is 0.274 e. The van der Waals surface area contributed by atoms with Crippen LogP contribution in [0.3, 0.4) is 0 Å². The number of carbonyl (C=O) groups is 1. The molecule has 2 saturated heterocycles. The van der Waals surface area contributed by atoms with Crippen LogP contribution >= 0.6 is 24.0 Å². The van der Waals surface area contributed by atoms with Crippen molar-refractivity contribution in [2.75, 3.05) is 26.2 Å². The van der Waals surface area contributed by atoms with E-state index in [0.29, 0.717) is 22.6 Å². The van der Waals surface area contributed by atoms with E-state index in [0.717, 1.165) is 57.5 Å². The van der Waals surface area contributed by atoms with Crippen LogP contribution < -0.4 is 5.32 Å². The van der Waals surface area contributed by atoms with Crippen molar-refractivity contribution in [3.05, 3.63) is 46.2 Å². The molecule has 0 saturated carbocycles. The second kappa shape index (κ2) is 8.05. The summed E-state index contributed by atoms with van der Waals surface area (Å²) < 4.78 is 1.99. The van der Waals surface area contributed by atoms with Gasteiger partial charge in [-0.1, -0.05) is 18.0 Å². The summed E-state index contributed by atoms with van der Waals surface area (Å²) in [6, 6.07) is 7.75. The van der Waals surface area contributed by atoms with E-state index in [1.807, 2.05) is 33.8 Å². The first kappa shape index (κ1) is 19.7. The fourth-order valence-electron chi connectivity index (χ4n) is 4.91. The van der Waals surface area contributed by atoms with Crippen LogP contribution in [0.4, 0.5) is 0 Å². The monoisotopic (exact) mass is 420 g/mol. The van der Waals surface area contributed by atoms with Crippen molar-refractivity contribution in [2.24, 2.45) is 11.8 Å². The Morgan fingerprint density at radius 2 is 1.71 bits per heavy atom. The molecule has 2 aliphatic heterocycles. The fraction of sp³-hybridized carbons (Fsp3) is 0.524. The maximum atomic E-state index is 13.4. The van der Waals surface area contributed by atoms with Gasteiger partial charge in [-0.2, -0.15) is 5.10 Å². The lowest BCUT2D eigenvalue weighted by molar-refractivity contribution is 0.0774. The van der Waals surface area contributed by atoms with Crippen LogP contribution in [0.25, 0.3) is 5.69 Å². The number of nitrogens with one attached hydrogen (secondary N) is 1. The van der Waals surface area contributed by atoms with Crippen LogP contribution in [0.2, 0.25) is 5.02 Å². The molecule has 0 radical (unpaired) electrons. The fourth-order valence-corrected chi connectivity index (χ4v) is 5.04. The number of nitrogens with zero attached hydrogens (tertiary/aromatic N) is 3. The second-order valence-electron chi connectivity index (χ2n) is 8.11. The Morgan fingerprint density at radius 1 is 1.04 bits per heavy atom. The Labute approximate surface area is 176 Å². The number of fused-ring (bicyclic) bond motifs is 2. The number of rotatable bonds is 2. The van der Waals surface area contributed by atoms with E-state index in [-0.39, 0.29) is 18.3 Å². The minimum atomic E-state index is 0. The van der Waals surface area contributed by atoms with Crippen molar-refractivity contribution in [1.29, 1.82) is 0 Å². The summed E-state index contributed by atoms with van der Waals surface area (Å²) in [6.45, 7) is 3.79. The maximum absolute atomic E-state index is 13.4. The van der Waals surface area contributed by atoms with Gasteiger partial charge in [0.25, 0.3) is 5.91 Å². The van der Waals surface area contributed by atoms with Crippen molar-refractivity contribution in [3.63, 3.8) is 0 Å². The third kappa shape index (κ3) is 3.44. The molecule has 0 bridgehead atoms. The van der Waals surface area contributed by atoms with E-state index in [1.54, 1.807) is 0 Å². The lowest BCUT2D eigenvalue weighted by Gasteiger charge is -2.17. The first-order valence-corrected chi connectivity index (χ1v) is 10.4. The number of benzene rings is 1. The normalized spacial score (nSPS) is 23.7. The molecule has 3 heterocycles. The van der Waals surface area contributed by atoms with Crippen LogP contribution in [0.1, 0.15) is 41.0 Å². The van der Waals surface area contributed by atoms with Crippen molar-refractivity contribution in [1.82, 2.24) is 20.0 Å². The molecular formula is C21H26Cl2N4O. The standard InChI is InChI=1S/C21H25ClN4O.ClH/c22-16-6-8-17(9-7-16)26-19-5-3-1-2-4-18(19)20(24-26)21(27)25-12-14-10-23-11-15(14)13-25;/h6-9,14-15,23H,1-5,10-13H2;1H/t14-,15+;. The number of carbonyl (C=O) groups excluding carboxylic acids is 1. The molecule has 1 N–H and O–H groups in total. The molecule has 0 spiro atoms. The molecule has 1 aromatic heterocycles. The Morgan fingerprint density at radius 3 is 2.43 bits per heavy atom. The SMILES string of the molecule is Cl.O=C(c1nn(-c2ccc(Cl)cc2)c2c1CCCCC2)N1C[C@H]2CNC[C@H]2C1. The molecule has 2 aromatic rings. The largest absolute Gasteiger partial charge is 0.337 e. The zero-order valence-corrected chi connectivity index (χ0v) is 17.4. The minimum Gasteiger partial charge on any atom is -0.337 e. The lowest BCUT2D eigenvalue weighted by atomic mass is 10.0. The Balaban J connectivity index is 0.00000192. The molecule has 2 atom stereocenters. The first-order chi connectivity index (χ1) is 13.2. The number of halogens is 2. The molecule has 1 aliphatic carbocycles. The molecule has 5 nitrogen and oxygen atoms in total. The molecule has 2 fully saturated rings. The molecule has 7 heteroatoms. The Hall–Kier alpha value is -1.56. The van der Waals surface area contributed by atoms with Gasteiger partial charge in [0.15, 0.2) is 5.69 Å². The van der Waals surface area contributed by atoms with Crippen LogP contribution in [-0.4, -0.2) is 46.8 Å². The van der Waals surface area contributed by atoms with E-state index >= 15 is 0 Å². The summed E-state index contributed by atoms with van der Waals surface area (Å²) >= 11 is 6.06. The van der Waals surface area contributed by atoms with Crippen molar-refractivity contribution < 1.29 is 4.79 Å². The van der Waals surface area contributed by atoms with Gasteiger partial charge in [0.05, 0.1) is 5.69 Å². The van der Waals surface area contributed by atoms with Gasteiger partial charge in [0.1, 0.15) is 0 Å². The number of aromatic nitrogens is 2. The third-order valence-corrected chi connectivity index (χ3v) is 6.63. The minimum absolute atomic E-state index is 0. The summed E-state index contributed by atoms with van der Waals surface area (Å²) in [4.78, 5) is 15.4. The highest BCUT2D eigenvalue weighted by atomic mass is 35.5. The summed E-state index contributed by atoms with van der Waals surface area (Å²) in [5.74, 6) is 1.33. The number of likely N-dealkylation sites (tertiary alicyclic amines) is 1. The van der Waals surface area contributed by atoms with Crippen molar-refractivity contribution >= 4 is 29.9 Å². The molecule has 1 aromatic carbocycles. The Bertz CT molecular complexity index is 852. The second-order valence-corrected chi connectivity index (χ2v) is 8.55. The third-order valence-electron chi connectivity index (χ3n) is 6.38. The number of hydrogen-bond donors (Lipinski definition) is 1. The van der Waals surface area contributed by atoms with Crippen LogP contribution in [0, 0.1) is 11.8 Å². The zero-order valence-electron chi connectivity index (χ0n) is 15.9. The van der Waals surface area contributed by atoms with Crippen LogP contribution in [0.15, 0.2) is 24.3 Å². The van der Waals surface area contributed by atoms with Crippen LogP contribution in [0.5, 0.6) is 0 Å². The maximum Gasteiger partial charge on any atom is 0.274 e. The molecule has 1 amide bonds. The molecule has 3 aliphatic rings. The molecule has 28 heavy (non-hydrogen) atoms. The van der Waals surface area contributed by atoms with Gasteiger partial charge in [0.2, 0.25) is 0 Å². The highest BCUT2D eigenvalue weighted by Gasteiger charge is 2.39. The summed E-state index contributed by atoms with van der Waals surface area (Å²) in [5, 5.41) is 9.00. The van der Waals surface area contributed by atoms with Gasteiger partial charge >= 0.3 is 0 Å². The molecular weight excluding hydrogens is 395 g/mol. The van der Waals surface area contributed by atoms with E-state index in [9.17, 15) is 4.79 Å². The molecule has 5 rings (SSSR count). The predicted molar refractivity (Wildman–Crippen MR) is 113 cm³/mol. The average molecular weight is 421 g/mol. The van der Waals surface area contributed by atoms with Crippen molar-refractivity contribution in [3.8, 4) is 5.69 Å². The van der Waals surface area contributed by atoms with E-state index in [4.69, 9.17) is 16.7 Å². The van der Waals surface area contributed by atoms with Crippen molar-refractivity contribution in [2.45, 2.75) is 32.1 Å². The average Bonchev–Trinajstić information content (AvgIpc) is 3.31. The van der Waals surface area contributed by atoms with Gasteiger partial charge in [-0.05, 0) is 61.8 Å². The summed E-state index contributed by atoms with van der Waals surface area (Å²) in [7, 11) is 0. The number of hydrogen-bond acceptors (Lipinski definition) is 3. The van der Waals surface area contributed by atoms with E-state index in [2.05, 4.69) is 5.32 Å². The van der Waals surface area contributed by atoms with Gasteiger partial charge < -0.3 is 10.2 Å². The zero-order chi connectivity index (χ0) is 18.4. The Kier molecular flexibility index (Phi) is 5.68. The topological polar surface area (TPSA) is 50.2 Å². The van der Waals surface area contributed by atoms with Crippen LogP contribution in [-0.2, 0) is 12.8 Å². The van der Waals surface area contributed by atoms with E-state index in [1.165, 1.54) is 17.7 Å². The van der Waals surface area contributed by atoms with Gasteiger partial charge in [-0.15, -0.1) is 12.4 Å². The highest BCUT2D eigenvalue weighted by molar-refractivity contribution is 6.30. The van der Waals surface area contributed by atoms with Gasteiger partial charge in [0, 0.05) is 42.5 Å². The summed E-state index contributed by atoms with van der Waals surface area (Å²) in [6.07, 6.45) is 5.43. The van der Waals surface area contributed by atoms with Gasteiger partial charge in [-0.25, -0.2) is 4.68 Å². The highest BCUT2D eigenvalue weighted by Crippen LogP contribution is 2.31. The molecule has 150 valence electrons. The predicted octanol–water partition coefficient (Wildman–Crippen LogP) is 3.51. The quantitative estimate of drug-likeness (QED) is 0.756. The summed E-state index contributed by atoms with van der Waals surface area (Å²) in [5.41, 5.74) is 4.04. The first-order valence-electron chi connectivity index (χ1n) is 10.1. The van der Waals surface area contributed by atoms with Gasteiger partial charge in [-0.3, -0.25) is 4.79 Å².